The van der Waals surface area contributed by atoms with E-state index in [-0.39, 0.29) is 28.8 Å². The maximum atomic E-state index is 14.3. The summed E-state index contributed by atoms with van der Waals surface area (Å²) in [6.45, 7) is 1.99. The standard InChI is InChI=1S/C25H23FN2O2S/c1-2-20(17-8-4-3-5-9-17)24(30)27-19-14-12-18(13-15-19)25-28(23(29)16-31-25)22-11-7-6-10-21(22)26/h3-15,20,25H,2,16H2,1H3,(H,27,30)/t20-,25+/m1/s1. The smallest absolute Gasteiger partial charge is 0.238 e. The lowest BCUT2D eigenvalue weighted by Gasteiger charge is -2.25. The van der Waals surface area contributed by atoms with E-state index in [4.69, 9.17) is 0 Å². The Bertz CT molecular complexity index is 1070. The third-order valence-corrected chi connectivity index (χ3v) is 6.58. The molecule has 1 aliphatic rings. The minimum atomic E-state index is -0.418. The second-order valence-corrected chi connectivity index (χ2v) is 8.43. The molecule has 158 valence electrons. The molecule has 0 aliphatic carbocycles. The molecule has 2 atom stereocenters. The minimum Gasteiger partial charge on any atom is -0.326 e. The highest BCUT2D eigenvalue weighted by Gasteiger charge is 2.35. The van der Waals surface area contributed by atoms with Gasteiger partial charge in [-0.15, -0.1) is 11.8 Å². The molecule has 3 aromatic rings. The van der Waals surface area contributed by atoms with Gasteiger partial charge in [-0.3, -0.25) is 14.5 Å². The average Bonchev–Trinajstić information content (AvgIpc) is 3.17. The largest absolute Gasteiger partial charge is 0.326 e. The summed E-state index contributed by atoms with van der Waals surface area (Å²) in [5, 5.41) is 2.68. The number of benzene rings is 3. The van der Waals surface area contributed by atoms with Gasteiger partial charge < -0.3 is 5.32 Å². The van der Waals surface area contributed by atoms with Crippen LogP contribution in [0.1, 0.15) is 35.8 Å². The summed E-state index contributed by atoms with van der Waals surface area (Å²) >= 11 is 1.46. The summed E-state index contributed by atoms with van der Waals surface area (Å²) in [5.41, 5.74) is 2.84. The van der Waals surface area contributed by atoms with E-state index in [1.165, 1.54) is 22.7 Å². The molecule has 0 saturated carbocycles. The van der Waals surface area contributed by atoms with Crippen molar-refractivity contribution < 1.29 is 14.0 Å². The molecule has 0 spiro atoms. The van der Waals surface area contributed by atoms with Crippen molar-refractivity contribution in [1.82, 2.24) is 0 Å². The number of para-hydroxylation sites is 1. The molecule has 0 unspecified atom stereocenters. The van der Waals surface area contributed by atoms with Crippen LogP contribution in [0.3, 0.4) is 0 Å². The summed E-state index contributed by atoms with van der Waals surface area (Å²) in [5.74, 6) is -0.516. The van der Waals surface area contributed by atoms with Crippen molar-refractivity contribution in [3.63, 3.8) is 0 Å². The molecule has 3 aromatic carbocycles. The summed E-state index contributed by atoms with van der Waals surface area (Å²) in [7, 11) is 0. The van der Waals surface area contributed by atoms with E-state index in [9.17, 15) is 14.0 Å². The van der Waals surface area contributed by atoms with Crippen molar-refractivity contribution in [2.24, 2.45) is 0 Å². The number of nitrogens with one attached hydrogen (secondary N) is 1. The highest BCUT2D eigenvalue weighted by molar-refractivity contribution is 8.00. The molecule has 4 nitrogen and oxygen atoms in total. The van der Waals surface area contributed by atoms with Crippen molar-refractivity contribution in [3.8, 4) is 0 Å². The van der Waals surface area contributed by atoms with Gasteiger partial charge in [-0.05, 0) is 41.8 Å². The van der Waals surface area contributed by atoms with E-state index < -0.39 is 5.82 Å². The van der Waals surface area contributed by atoms with Gasteiger partial charge in [0, 0.05) is 5.69 Å². The SMILES string of the molecule is CC[C@@H](C(=O)Nc1ccc([C@@H]2SCC(=O)N2c2ccccc2F)cc1)c1ccccc1. The Morgan fingerprint density at radius 3 is 2.42 bits per heavy atom. The number of nitrogens with zero attached hydrogens (tertiary/aromatic N) is 1. The Hall–Kier alpha value is -3.12. The lowest BCUT2D eigenvalue weighted by Crippen LogP contribution is -2.28. The topological polar surface area (TPSA) is 49.4 Å². The number of anilines is 2. The molecule has 6 heteroatoms. The molecule has 2 amide bonds. The van der Waals surface area contributed by atoms with Gasteiger partial charge >= 0.3 is 0 Å². The fourth-order valence-corrected chi connectivity index (χ4v) is 4.97. The van der Waals surface area contributed by atoms with Crippen LogP contribution in [-0.2, 0) is 9.59 Å². The fourth-order valence-electron chi connectivity index (χ4n) is 3.80. The summed E-state index contributed by atoms with van der Waals surface area (Å²) < 4.78 is 14.3. The first-order valence-corrected chi connectivity index (χ1v) is 11.3. The zero-order valence-corrected chi connectivity index (χ0v) is 17.9. The van der Waals surface area contributed by atoms with Crippen molar-refractivity contribution in [1.29, 1.82) is 0 Å². The summed E-state index contributed by atoms with van der Waals surface area (Å²) in [6.07, 6.45) is 0.701. The van der Waals surface area contributed by atoms with Gasteiger partial charge in [-0.1, -0.05) is 61.5 Å². The van der Waals surface area contributed by atoms with Gasteiger partial charge in [-0.25, -0.2) is 4.39 Å². The lowest BCUT2D eigenvalue weighted by molar-refractivity contribution is -0.118. The first-order valence-electron chi connectivity index (χ1n) is 10.2. The Balaban J connectivity index is 1.51. The summed E-state index contributed by atoms with van der Waals surface area (Å²) in [6, 6.07) is 23.4. The van der Waals surface area contributed by atoms with E-state index in [0.29, 0.717) is 17.9 Å². The van der Waals surface area contributed by atoms with Crippen molar-refractivity contribution in [3.05, 3.63) is 95.8 Å². The molecule has 31 heavy (non-hydrogen) atoms. The van der Waals surface area contributed by atoms with Gasteiger partial charge in [0.1, 0.15) is 11.2 Å². The Kier molecular flexibility index (Phi) is 6.37. The quantitative estimate of drug-likeness (QED) is 0.538. The molecular formula is C25H23FN2O2S. The molecule has 1 N–H and O–H groups in total. The maximum absolute atomic E-state index is 14.3. The zero-order chi connectivity index (χ0) is 21.8. The molecule has 0 radical (unpaired) electrons. The second kappa shape index (κ2) is 9.35. The van der Waals surface area contributed by atoms with Gasteiger partial charge in [-0.2, -0.15) is 0 Å². The number of amides is 2. The number of carbonyl (C=O) groups is 2. The highest BCUT2D eigenvalue weighted by atomic mass is 32.2. The normalized spacial score (nSPS) is 16.9. The number of carbonyl (C=O) groups excluding carboxylic acids is 2. The zero-order valence-electron chi connectivity index (χ0n) is 17.1. The Morgan fingerprint density at radius 1 is 1.06 bits per heavy atom. The van der Waals surface area contributed by atoms with E-state index >= 15 is 0 Å². The molecule has 1 saturated heterocycles. The van der Waals surface area contributed by atoms with Gasteiger partial charge in [0.15, 0.2) is 0 Å². The number of hydrogen-bond acceptors (Lipinski definition) is 3. The van der Waals surface area contributed by atoms with Crippen LogP contribution < -0.4 is 10.2 Å². The monoisotopic (exact) mass is 434 g/mol. The molecule has 0 bridgehead atoms. The average molecular weight is 435 g/mol. The van der Waals surface area contributed by atoms with Crippen molar-refractivity contribution >= 4 is 35.0 Å². The van der Waals surface area contributed by atoms with Crippen LogP contribution in [0.5, 0.6) is 0 Å². The Morgan fingerprint density at radius 2 is 1.74 bits per heavy atom. The molecule has 1 fully saturated rings. The van der Waals surface area contributed by atoms with E-state index in [2.05, 4.69) is 5.32 Å². The summed E-state index contributed by atoms with van der Waals surface area (Å²) in [4.78, 5) is 26.8. The van der Waals surface area contributed by atoms with Crippen LogP contribution in [-0.4, -0.2) is 17.6 Å². The van der Waals surface area contributed by atoms with Gasteiger partial charge in [0.2, 0.25) is 11.8 Å². The molecule has 1 heterocycles. The van der Waals surface area contributed by atoms with Crippen LogP contribution in [0, 0.1) is 5.82 Å². The lowest BCUT2D eigenvalue weighted by atomic mass is 9.95. The van der Waals surface area contributed by atoms with Crippen LogP contribution in [0.15, 0.2) is 78.9 Å². The van der Waals surface area contributed by atoms with Crippen molar-refractivity contribution in [2.75, 3.05) is 16.0 Å². The first kappa shape index (κ1) is 21.1. The molecule has 1 aliphatic heterocycles. The molecule has 0 aromatic heterocycles. The van der Waals surface area contributed by atoms with Crippen molar-refractivity contribution in [2.45, 2.75) is 24.6 Å². The number of hydrogen-bond donors (Lipinski definition) is 1. The number of halogens is 1. The fraction of sp³-hybridized carbons (Fsp3) is 0.200. The predicted octanol–water partition coefficient (Wildman–Crippen LogP) is 5.74. The van der Waals surface area contributed by atoms with E-state index in [0.717, 1.165) is 11.1 Å². The first-order chi connectivity index (χ1) is 15.1. The highest BCUT2D eigenvalue weighted by Crippen LogP contribution is 2.42. The van der Waals surface area contributed by atoms with Crippen LogP contribution >= 0.6 is 11.8 Å². The number of rotatable bonds is 6. The maximum Gasteiger partial charge on any atom is 0.238 e. The third kappa shape index (κ3) is 4.49. The molecular weight excluding hydrogens is 411 g/mol. The van der Waals surface area contributed by atoms with Crippen LogP contribution in [0.25, 0.3) is 0 Å². The van der Waals surface area contributed by atoms with Gasteiger partial charge in [0.05, 0.1) is 17.4 Å². The second-order valence-electron chi connectivity index (χ2n) is 7.36. The number of thioether (sulfide) groups is 1. The van der Waals surface area contributed by atoms with E-state index in [1.54, 1.807) is 18.2 Å². The predicted molar refractivity (Wildman–Crippen MR) is 124 cm³/mol. The Labute approximate surface area is 185 Å². The van der Waals surface area contributed by atoms with Gasteiger partial charge in [0.25, 0.3) is 0 Å². The van der Waals surface area contributed by atoms with E-state index in [1.807, 2.05) is 61.5 Å². The van der Waals surface area contributed by atoms with Crippen LogP contribution in [0.4, 0.5) is 15.8 Å². The third-order valence-electron chi connectivity index (χ3n) is 5.37. The molecule has 4 rings (SSSR count). The van der Waals surface area contributed by atoms with Crippen LogP contribution in [0.2, 0.25) is 0 Å². The minimum absolute atomic E-state index is 0.0557.